The Labute approximate surface area is 157 Å². The molecule has 0 aliphatic heterocycles. The molecule has 2 aromatic rings. The maximum atomic E-state index is 13.6. The lowest BCUT2D eigenvalue weighted by atomic mass is 10.2. The van der Waals surface area contributed by atoms with Gasteiger partial charge >= 0.3 is 0 Å². The Hall–Kier alpha value is -1.77. The summed E-state index contributed by atoms with van der Waals surface area (Å²) in [5.41, 5.74) is 0.936. The van der Waals surface area contributed by atoms with E-state index in [1.807, 2.05) is 25.1 Å². The summed E-state index contributed by atoms with van der Waals surface area (Å²) in [5.74, 6) is -0.651. The average Bonchev–Trinajstić information content (AvgIpc) is 2.55. The normalized spacial score (nSPS) is 10.9. The minimum absolute atomic E-state index is 0. The van der Waals surface area contributed by atoms with Gasteiger partial charge in [0.25, 0.3) is 0 Å². The molecule has 0 fully saturated rings. The topological polar surface area (TPSA) is 49.3 Å². The molecule has 7 heteroatoms. The molecule has 0 saturated heterocycles. The number of nitrogens with one attached hydrogen (secondary N) is 2. The maximum absolute atomic E-state index is 13.6. The Bertz CT molecular complexity index is 630. The van der Waals surface area contributed by atoms with Crippen molar-refractivity contribution in [2.75, 3.05) is 13.1 Å². The zero-order valence-electron chi connectivity index (χ0n) is 13.4. The van der Waals surface area contributed by atoms with Gasteiger partial charge in [-0.15, -0.1) is 24.0 Å². The predicted octanol–water partition coefficient (Wildman–Crippen LogP) is 3.28. The molecule has 1 aromatic carbocycles. The van der Waals surface area contributed by atoms with E-state index in [2.05, 4.69) is 20.6 Å². The van der Waals surface area contributed by atoms with E-state index in [0.717, 1.165) is 12.1 Å². The van der Waals surface area contributed by atoms with E-state index in [9.17, 15) is 8.78 Å². The summed E-state index contributed by atoms with van der Waals surface area (Å²) in [6, 6.07) is 9.55. The highest BCUT2D eigenvalue weighted by atomic mass is 127. The molecule has 0 unspecified atom stereocenters. The van der Waals surface area contributed by atoms with Crippen LogP contribution < -0.4 is 10.6 Å². The van der Waals surface area contributed by atoms with Crippen molar-refractivity contribution < 1.29 is 8.78 Å². The first-order chi connectivity index (χ1) is 11.2. The average molecular weight is 446 g/mol. The van der Waals surface area contributed by atoms with Crippen LogP contribution in [0.1, 0.15) is 18.2 Å². The molecule has 0 aliphatic carbocycles. The van der Waals surface area contributed by atoms with Crippen LogP contribution >= 0.6 is 24.0 Å². The summed E-state index contributed by atoms with van der Waals surface area (Å²) in [6.45, 7) is 3.16. The molecule has 1 aromatic heterocycles. The summed E-state index contributed by atoms with van der Waals surface area (Å²) in [6.07, 6.45) is 2.48. The second kappa shape index (κ2) is 10.9. The van der Waals surface area contributed by atoms with Gasteiger partial charge in [-0.25, -0.2) is 13.8 Å². The second-order valence-corrected chi connectivity index (χ2v) is 4.89. The quantitative estimate of drug-likeness (QED) is 0.407. The highest BCUT2D eigenvalue weighted by molar-refractivity contribution is 14.0. The van der Waals surface area contributed by atoms with E-state index in [-0.39, 0.29) is 36.1 Å². The number of hydrogen-bond acceptors (Lipinski definition) is 2. The summed E-state index contributed by atoms with van der Waals surface area (Å²) in [7, 11) is 0. The number of aliphatic imine (C=N–C) groups is 1. The Morgan fingerprint density at radius 1 is 1.08 bits per heavy atom. The molecule has 130 valence electrons. The minimum Gasteiger partial charge on any atom is -0.357 e. The molecule has 2 N–H and O–H groups in total. The Balaban J connectivity index is 0.00000288. The van der Waals surface area contributed by atoms with Crippen molar-refractivity contribution >= 4 is 29.9 Å². The lowest BCUT2D eigenvalue weighted by molar-refractivity contribution is 0.556. The molecule has 0 atom stereocenters. The standard InChI is InChI=1S/C17H20F2N4.HI/c1-2-20-17(22-11-9-13-6-3-4-10-21-13)23-12-14-15(18)7-5-8-16(14)19;/h3-8,10H,2,9,11-12H2,1H3,(H2,20,22,23);1H. The van der Waals surface area contributed by atoms with Gasteiger partial charge in [0.1, 0.15) is 11.6 Å². The van der Waals surface area contributed by atoms with Gasteiger partial charge < -0.3 is 10.6 Å². The first kappa shape index (κ1) is 20.3. The summed E-state index contributed by atoms with van der Waals surface area (Å²) >= 11 is 0. The predicted molar refractivity (Wildman–Crippen MR) is 103 cm³/mol. The third-order valence-corrected chi connectivity index (χ3v) is 3.20. The van der Waals surface area contributed by atoms with E-state index in [1.54, 1.807) is 6.20 Å². The van der Waals surface area contributed by atoms with E-state index < -0.39 is 11.6 Å². The molecule has 1 heterocycles. The molecule has 24 heavy (non-hydrogen) atoms. The second-order valence-electron chi connectivity index (χ2n) is 4.89. The number of hydrogen-bond donors (Lipinski definition) is 2. The van der Waals surface area contributed by atoms with Crippen LogP contribution in [0.5, 0.6) is 0 Å². The first-order valence-corrected chi connectivity index (χ1v) is 7.55. The third-order valence-electron chi connectivity index (χ3n) is 3.20. The van der Waals surface area contributed by atoms with Gasteiger partial charge in [0.2, 0.25) is 0 Å². The molecule has 0 amide bonds. The van der Waals surface area contributed by atoms with Crippen molar-refractivity contribution in [2.24, 2.45) is 4.99 Å². The van der Waals surface area contributed by atoms with Crippen molar-refractivity contribution in [2.45, 2.75) is 19.9 Å². The highest BCUT2D eigenvalue weighted by Crippen LogP contribution is 2.12. The molecule has 0 spiro atoms. The van der Waals surface area contributed by atoms with E-state index >= 15 is 0 Å². The number of aromatic nitrogens is 1. The SMILES string of the molecule is CCNC(=NCc1c(F)cccc1F)NCCc1ccccn1.I. The molecule has 0 aliphatic rings. The van der Waals surface area contributed by atoms with Crippen LogP contribution in [0.4, 0.5) is 8.78 Å². The number of guanidine groups is 1. The van der Waals surface area contributed by atoms with E-state index in [1.165, 1.54) is 18.2 Å². The number of benzene rings is 1. The number of pyridine rings is 1. The van der Waals surface area contributed by atoms with Gasteiger partial charge in [-0.1, -0.05) is 12.1 Å². The fourth-order valence-corrected chi connectivity index (χ4v) is 2.04. The smallest absolute Gasteiger partial charge is 0.191 e. The zero-order valence-corrected chi connectivity index (χ0v) is 15.8. The molecule has 4 nitrogen and oxygen atoms in total. The van der Waals surface area contributed by atoms with Gasteiger partial charge in [0.15, 0.2) is 5.96 Å². The summed E-state index contributed by atoms with van der Waals surface area (Å²) in [4.78, 5) is 8.47. The third kappa shape index (κ3) is 6.38. The highest BCUT2D eigenvalue weighted by Gasteiger charge is 2.08. The Morgan fingerprint density at radius 3 is 2.46 bits per heavy atom. The van der Waals surface area contributed by atoms with Crippen molar-refractivity contribution in [3.63, 3.8) is 0 Å². The van der Waals surface area contributed by atoms with Crippen LogP contribution in [-0.4, -0.2) is 24.0 Å². The number of nitrogens with zero attached hydrogens (tertiary/aromatic N) is 2. The molecule has 0 bridgehead atoms. The summed E-state index contributed by atoms with van der Waals surface area (Å²) < 4.78 is 27.2. The largest absolute Gasteiger partial charge is 0.357 e. The maximum Gasteiger partial charge on any atom is 0.191 e. The lowest BCUT2D eigenvalue weighted by Gasteiger charge is -2.11. The molecule has 0 saturated carbocycles. The van der Waals surface area contributed by atoms with E-state index in [4.69, 9.17) is 0 Å². The fraction of sp³-hybridized carbons (Fsp3) is 0.294. The zero-order chi connectivity index (χ0) is 16.5. The van der Waals surface area contributed by atoms with Crippen LogP contribution in [0.25, 0.3) is 0 Å². The number of halogens is 3. The molecule has 2 rings (SSSR count). The van der Waals surface area contributed by atoms with Crippen molar-refractivity contribution in [3.8, 4) is 0 Å². The fourth-order valence-electron chi connectivity index (χ4n) is 2.04. The molecule has 0 radical (unpaired) electrons. The van der Waals surface area contributed by atoms with E-state index in [0.29, 0.717) is 19.0 Å². The van der Waals surface area contributed by atoms with Crippen molar-refractivity contribution in [3.05, 3.63) is 65.5 Å². The van der Waals surface area contributed by atoms with Crippen LogP contribution in [-0.2, 0) is 13.0 Å². The van der Waals surface area contributed by atoms with Crippen LogP contribution in [0.15, 0.2) is 47.6 Å². The van der Waals surface area contributed by atoms with Gasteiger partial charge in [-0.2, -0.15) is 0 Å². The van der Waals surface area contributed by atoms with Gasteiger partial charge in [0.05, 0.1) is 6.54 Å². The van der Waals surface area contributed by atoms with Crippen LogP contribution in [0, 0.1) is 11.6 Å². The van der Waals surface area contributed by atoms with Crippen molar-refractivity contribution in [1.29, 1.82) is 0 Å². The Kier molecular flexibility index (Phi) is 9.21. The van der Waals surface area contributed by atoms with Gasteiger partial charge in [-0.3, -0.25) is 4.98 Å². The lowest BCUT2D eigenvalue weighted by Crippen LogP contribution is -2.38. The first-order valence-electron chi connectivity index (χ1n) is 7.55. The van der Waals surface area contributed by atoms with Crippen LogP contribution in [0.3, 0.4) is 0 Å². The van der Waals surface area contributed by atoms with Crippen LogP contribution in [0.2, 0.25) is 0 Å². The van der Waals surface area contributed by atoms with Gasteiger partial charge in [0, 0.05) is 37.0 Å². The summed E-state index contributed by atoms with van der Waals surface area (Å²) in [5, 5.41) is 6.18. The van der Waals surface area contributed by atoms with Gasteiger partial charge in [-0.05, 0) is 31.2 Å². The Morgan fingerprint density at radius 2 is 1.83 bits per heavy atom. The molecular formula is C17H21F2IN4. The molecular weight excluding hydrogens is 425 g/mol. The minimum atomic E-state index is -0.585. The number of rotatable bonds is 6. The monoisotopic (exact) mass is 446 g/mol. The van der Waals surface area contributed by atoms with Crippen molar-refractivity contribution in [1.82, 2.24) is 15.6 Å².